The van der Waals surface area contributed by atoms with E-state index in [9.17, 15) is 0 Å². The topological polar surface area (TPSA) is 12.0 Å². The van der Waals surface area contributed by atoms with Crippen LogP contribution in [0.3, 0.4) is 0 Å². The van der Waals surface area contributed by atoms with E-state index in [0.29, 0.717) is 0 Å². The van der Waals surface area contributed by atoms with Gasteiger partial charge in [0.2, 0.25) is 0 Å². The predicted octanol–water partition coefficient (Wildman–Crippen LogP) is 4.48. The van der Waals surface area contributed by atoms with Gasteiger partial charge in [-0.2, -0.15) is 0 Å². The standard InChI is InChI=1S/C18H27N/c1-14-5-2-3-7-18(14)13-19-12-15-6-4-8-17(11-15)16-9-10-16/h4,6,8,11,14,16,18-19H,2-3,5,7,9-10,12-13H2,1H3. The van der Waals surface area contributed by atoms with E-state index in [4.69, 9.17) is 0 Å². The zero-order valence-corrected chi connectivity index (χ0v) is 12.2. The van der Waals surface area contributed by atoms with E-state index in [1.54, 1.807) is 5.56 Å². The summed E-state index contributed by atoms with van der Waals surface area (Å²) in [6.45, 7) is 4.68. The molecule has 0 spiro atoms. The van der Waals surface area contributed by atoms with Gasteiger partial charge in [0.15, 0.2) is 0 Å². The van der Waals surface area contributed by atoms with Crippen molar-refractivity contribution >= 4 is 0 Å². The molecule has 0 heterocycles. The summed E-state index contributed by atoms with van der Waals surface area (Å²) in [5.74, 6) is 2.69. The van der Waals surface area contributed by atoms with Crippen molar-refractivity contribution in [2.75, 3.05) is 6.54 Å². The van der Waals surface area contributed by atoms with Gasteiger partial charge in [0.25, 0.3) is 0 Å². The van der Waals surface area contributed by atoms with Gasteiger partial charge in [0, 0.05) is 6.54 Å². The van der Waals surface area contributed by atoms with Crippen LogP contribution in [0.4, 0.5) is 0 Å². The van der Waals surface area contributed by atoms with Gasteiger partial charge in [-0.25, -0.2) is 0 Å². The third kappa shape index (κ3) is 3.60. The molecule has 0 aliphatic heterocycles. The molecule has 2 saturated carbocycles. The molecular formula is C18H27N. The van der Waals surface area contributed by atoms with Gasteiger partial charge < -0.3 is 5.32 Å². The molecule has 0 amide bonds. The molecule has 1 aromatic rings. The smallest absolute Gasteiger partial charge is 0.0205 e. The van der Waals surface area contributed by atoms with Gasteiger partial charge in [-0.05, 0) is 54.7 Å². The Balaban J connectivity index is 1.47. The molecule has 19 heavy (non-hydrogen) atoms. The molecule has 2 aliphatic rings. The minimum atomic E-state index is 0.873. The van der Waals surface area contributed by atoms with Crippen LogP contribution in [0.2, 0.25) is 0 Å². The van der Waals surface area contributed by atoms with Gasteiger partial charge in [-0.3, -0.25) is 0 Å². The Morgan fingerprint density at radius 3 is 2.74 bits per heavy atom. The maximum absolute atomic E-state index is 3.69. The van der Waals surface area contributed by atoms with Gasteiger partial charge >= 0.3 is 0 Å². The van der Waals surface area contributed by atoms with Crippen LogP contribution in [-0.4, -0.2) is 6.54 Å². The van der Waals surface area contributed by atoms with Crippen LogP contribution in [0.5, 0.6) is 0 Å². The Morgan fingerprint density at radius 1 is 1.11 bits per heavy atom. The molecule has 1 N–H and O–H groups in total. The van der Waals surface area contributed by atoms with Gasteiger partial charge in [0.05, 0.1) is 0 Å². The van der Waals surface area contributed by atoms with E-state index in [1.807, 2.05) is 0 Å². The quantitative estimate of drug-likeness (QED) is 0.820. The Labute approximate surface area is 117 Å². The van der Waals surface area contributed by atoms with E-state index < -0.39 is 0 Å². The SMILES string of the molecule is CC1CCCCC1CNCc1cccc(C2CC2)c1. The first-order chi connectivity index (χ1) is 9.33. The zero-order valence-electron chi connectivity index (χ0n) is 12.2. The molecule has 0 aromatic heterocycles. The second-order valence-corrected chi connectivity index (χ2v) is 6.67. The lowest BCUT2D eigenvalue weighted by Crippen LogP contribution is -2.29. The summed E-state index contributed by atoms with van der Waals surface area (Å²) in [6, 6.07) is 9.20. The summed E-state index contributed by atoms with van der Waals surface area (Å²) >= 11 is 0. The fourth-order valence-corrected chi connectivity index (χ4v) is 3.47. The van der Waals surface area contributed by atoms with E-state index in [2.05, 4.69) is 36.5 Å². The third-order valence-electron chi connectivity index (χ3n) is 5.02. The summed E-state index contributed by atoms with van der Waals surface area (Å²) in [4.78, 5) is 0. The molecule has 2 aliphatic carbocycles. The second-order valence-electron chi connectivity index (χ2n) is 6.67. The Kier molecular flexibility index (Phi) is 4.22. The first-order valence-electron chi connectivity index (χ1n) is 8.12. The highest BCUT2D eigenvalue weighted by atomic mass is 14.9. The molecule has 2 unspecified atom stereocenters. The summed E-state index contributed by atoms with van der Waals surface area (Å²) in [5.41, 5.74) is 3.03. The van der Waals surface area contributed by atoms with Crippen LogP contribution in [0, 0.1) is 11.8 Å². The predicted molar refractivity (Wildman–Crippen MR) is 81.2 cm³/mol. The molecule has 2 atom stereocenters. The van der Waals surface area contributed by atoms with Crippen molar-refractivity contribution in [3.63, 3.8) is 0 Å². The highest BCUT2D eigenvalue weighted by molar-refractivity contribution is 5.29. The average molecular weight is 257 g/mol. The van der Waals surface area contributed by atoms with E-state index >= 15 is 0 Å². The summed E-state index contributed by atoms with van der Waals surface area (Å²) in [7, 11) is 0. The highest BCUT2D eigenvalue weighted by Crippen LogP contribution is 2.40. The third-order valence-corrected chi connectivity index (χ3v) is 5.02. The van der Waals surface area contributed by atoms with Gasteiger partial charge in [0.1, 0.15) is 0 Å². The Hall–Kier alpha value is -0.820. The van der Waals surface area contributed by atoms with Crippen molar-refractivity contribution in [2.24, 2.45) is 11.8 Å². The van der Waals surface area contributed by atoms with Crippen LogP contribution < -0.4 is 5.32 Å². The van der Waals surface area contributed by atoms with E-state index in [1.165, 1.54) is 50.6 Å². The van der Waals surface area contributed by atoms with Crippen molar-refractivity contribution in [2.45, 2.75) is 57.9 Å². The van der Waals surface area contributed by atoms with E-state index in [0.717, 1.165) is 24.3 Å². The van der Waals surface area contributed by atoms with E-state index in [-0.39, 0.29) is 0 Å². The number of rotatable bonds is 5. The van der Waals surface area contributed by atoms with Crippen molar-refractivity contribution in [1.82, 2.24) is 5.32 Å². The van der Waals surface area contributed by atoms with Crippen molar-refractivity contribution in [3.05, 3.63) is 35.4 Å². The number of hydrogen-bond acceptors (Lipinski definition) is 1. The molecule has 1 nitrogen and oxygen atoms in total. The number of nitrogens with one attached hydrogen (secondary N) is 1. The molecule has 2 fully saturated rings. The molecule has 104 valence electrons. The lowest BCUT2D eigenvalue weighted by molar-refractivity contribution is 0.247. The molecule has 1 heteroatoms. The minimum absolute atomic E-state index is 0.873. The summed E-state index contributed by atoms with van der Waals surface area (Å²) in [6.07, 6.45) is 8.54. The van der Waals surface area contributed by atoms with Crippen molar-refractivity contribution < 1.29 is 0 Å². The first kappa shape index (κ1) is 13.2. The van der Waals surface area contributed by atoms with Crippen molar-refractivity contribution in [1.29, 1.82) is 0 Å². The fraction of sp³-hybridized carbons (Fsp3) is 0.667. The number of hydrogen-bond donors (Lipinski definition) is 1. The Morgan fingerprint density at radius 2 is 1.95 bits per heavy atom. The fourth-order valence-electron chi connectivity index (χ4n) is 3.47. The largest absolute Gasteiger partial charge is 0.312 e. The van der Waals surface area contributed by atoms with Gasteiger partial charge in [-0.15, -0.1) is 0 Å². The molecule has 1 aromatic carbocycles. The number of benzene rings is 1. The molecular weight excluding hydrogens is 230 g/mol. The lowest BCUT2D eigenvalue weighted by atomic mass is 9.80. The summed E-state index contributed by atoms with van der Waals surface area (Å²) in [5, 5.41) is 3.69. The molecule has 0 radical (unpaired) electrons. The maximum atomic E-state index is 3.69. The summed E-state index contributed by atoms with van der Waals surface area (Å²) < 4.78 is 0. The minimum Gasteiger partial charge on any atom is -0.312 e. The molecule has 0 bridgehead atoms. The van der Waals surface area contributed by atoms with Crippen LogP contribution >= 0.6 is 0 Å². The second kappa shape index (κ2) is 6.09. The highest BCUT2D eigenvalue weighted by Gasteiger charge is 2.23. The normalized spacial score (nSPS) is 27.4. The molecule has 3 rings (SSSR count). The Bertz CT molecular complexity index is 408. The van der Waals surface area contributed by atoms with Crippen molar-refractivity contribution in [3.8, 4) is 0 Å². The van der Waals surface area contributed by atoms with Crippen LogP contribution in [0.25, 0.3) is 0 Å². The van der Waals surface area contributed by atoms with Crippen LogP contribution in [-0.2, 0) is 6.54 Å². The average Bonchev–Trinajstić information content (AvgIpc) is 3.26. The maximum Gasteiger partial charge on any atom is 0.0205 e. The first-order valence-corrected chi connectivity index (χ1v) is 8.12. The van der Waals surface area contributed by atoms with Crippen LogP contribution in [0.15, 0.2) is 24.3 Å². The zero-order chi connectivity index (χ0) is 13.1. The molecule has 0 saturated heterocycles. The van der Waals surface area contributed by atoms with Gasteiger partial charge in [-0.1, -0.05) is 50.5 Å². The van der Waals surface area contributed by atoms with Crippen LogP contribution in [0.1, 0.15) is 62.5 Å². The monoisotopic (exact) mass is 257 g/mol. The lowest BCUT2D eigenvalue weighted by Gasteiger charge is -2.28.